The van der Waals surface area contributed by atoms with Crippen LogP contribution in [0.15, 0.2) is 29.7 Å². The molecule has 0 saturated heterocycles. The molecule has 24 heavy (non-hydrogen) atoms. The largest absolute Gasteiger partial charge is 0.403 e. The number of nitrogens with two attached hydrogens (primary N) is 2. The van der Waals surface area contributed by atoms with Gasteiger partial charge in [0.05, 0.1) is 10.5 Å². The molecule has 0 spiro atoms. The Bertz CT molecular complexity index is 814. The summed E-state index contributed by atoms with van der Waals surface area (Å²) in [4.78, 5) is 13.0. The number of allylic oxidation sites excluding steroid dienone is 1. The molecule has 0 unspecified atom stereocenters. The molecule has 1 aromatic rings. The fourth-order valence-corrected chi connectivity index (χ4v) is 3.31. The Morgan fingerprint density at radius 3 is 2.46 bits per heavy atom. The van der Waals surface area contributed by atoms with Crippen LogP contribution >= 0.6 is 11.8 Å². The fourth-order valence-electron chi connectivity index (χ4n) is 2.94. The summed E-state index contributed by atoms with van der Waals surface area (Å²) < 4.78 is 2.14. The van der Waals surface area contributed by atoms with Gasteiger partial charge in [0, 0.05) is 28.7 Å². The Morgan fingerprint density at radius 2 is 2.04 bits per heavy atom. The number of carbonyl (C=O) groups is 1. The van der Waals surface area contributed by atoms with E-state index in [9.17, 15) is 4.79 Å². The first kappa shape index (κ1) is 18.0. The van der Waals surface area contributed by atoms with E-state index in [4.69, 9.17) is 11.5 Å². The van der Waals surface area contributed by atoms with Crippen LogP contribution in [0.2, 0.25) is 0 Å². The van der Waals surface area contributed by atoms with E-state index < -0.39 is 0 Å². The van der Waals surface area contributed by atoms with E-state index in [1.165, 1.54) is 24.9 Å². The molecule has 126 valence electrons. The van der Waals surface area contributed by atoms with Crippen molar-refractivity contribution in [2.24, 2.45) is 11.5 Å². The quantitative estimate of drug-likeness (QED) is 0.635. The molecule has 4 nitrogen and oxygen atoms in total. The number of ketones is 1. The van der Waals surface area contributed by atoms with Crippen LogP contribution in [0, 0.1) is 18.8 Å². The smallest absolute Gasteiger partial charge is 0.163 e. The molecule has 1 fully saturated rings. The third kappa shape index (κ3) is 3.15. The highest BCUT2D eigenvalue weighted by atomic mass is 32.2. The van der Waals surface area contributed by atoms with Crippen LogP contribution in [0.4, 0.5) is 0 Å². The summed E-state index contributed by atoms with van der Waals surface area (Å²) in [5.74, 6) is 6.11. The fraction of sp³-hybridized carbons (Fsp3) is 0.316. The third-order valence-corrected chi connectivity index (χ3v) is 4.92. The van der Waals surface area contributed by atoms with Crippen molar-refractivity contribution in [3.8, 4) is 11.8 Å². The van der Waals surface area contributed by atoms with Gasteiger partial charge >= 0.3 is 0 Å². The first-order chi connectivity index (χ1) is 11.3. The highest BCUT2D eigenvalue weighted by Crippen LogP contribution is 2.47. The first-order valence-corrected chi connectivity index (χ1v) is 8.57. The molecule has 2 rings (SSSR count). The van der Waals surface area contributed by atoms with Gasteiger partial charge in [-0.1, -0.05) is 30.8 Å². The number of aromatic nitrogens is 1. The molecular weight excluding hydrogens is 318 g/mol. The number of hydrogen-bond acceptors (Lipinski definition) is 4. The minimum absolute atomic E-state index is 0.0236. The molecule has 1 aliphatic carbocycles. The zero-order valence-electron chi connectivity index (χ0n) is 14.4. The summed E-state index contributed by atoms with van der Waals surface area (Å²) in [7, 11) is 0. The lowest BCUT2D eigenvalue weighted by Crippen LogP contribution is -2.16. The Kier molecular flexibility index (Phi) is 5.00. The molecule has 0 radical (unpaired) electrons. The lowest BCUT2D eigenvalue weighted by molar-refractivity contribution is 0.101. The van der Waals surface area contributed by atoms with Gasteiger partial charge in [-0.3, -0.25) is 4.79 Å². The third-order valence-electron chi connectivity index (χ3n) is 4.26. The van der Waals surface area contributed by atoms with Crippen LogP contribution in [0.3, 0.4) is 0 Å². The minimum Gasteiger partial charge on any atom is -0.403 e. The molecule has 0 amide bonds. The summed E-state index contributed by atoms with van der Waals surface area (Å²) in [6, 6.07) is 0. The lowest BCUT2D eigenvalue weighted by Gasteiger charge is -2.16. The first-order valence-electron chi connectivity index (χ1n) is 7.69. The number of carbonyl (C=O) groups excluding carboxylic acids is 1. The van der Waals surface area contributed by atoms with Crippen molar-refractivity contribution in [3.05, 3.63) is 52.2 Å². The van der Waals surface area contributed by atoms with Crippen LogP contribution in [0.25, 0.3) is 5.70 Å². The minimum atomic E-state index is -0.0679. The lowest BCUT2D eigenvalue weighted by atomic mass is 10.0. The summed E-state index contributed by atoms with van der Waals surface area (Å²) in [5, 5.41) is 1.67. The van der Waals surface area contributed by atoms with E-state index in [1.54, 1.807) is 5.41 Å². The molecular formula is C19H23N3OS. The highest BCUT2D eigenvalue weighted by Gasteiger charge is 2.43. The topological polar surface area (TPSA) is 74.0 Å². The Labute approximate surface area is 147 Å². The van der Waals surface area contributed by atoms with Crippen molar-refractivity contribution in [2.75, 3.05) is 0 Å². The van der Waals surface area contributed by atoms with Gasteiger partial charge in [0.1, 0.15) is 5.69 Å². The van der Waals surface area contributed by atoms with Gasteiger partial charge in [-0.2, -0.15) is 0 Å². The average molecular weight is 341 g/mol. The van der Waals surface area contributed by atoms with Crippen molar-refractivity contribution in [1.82, 2.24) is 4.57 Å². The predicted molar refractivity (Wildman–Crippen MR) is 102 cm³/mol. The molecule has 4 N–H and O–H groups in total. The number of thioether (sulfide) groups is 1. The van der Waals surface area contributed by atoms with Crippen LogP contribution in [-0.2, 0) is 5.54 Å². The van der Waals surface area contributed by atoms with Crippen molar-refractivity contribution in [2.45, 2.75) is 39.2 Å². The molecule has 1 heterocycles. The van der Waals surface area contributed by atoms with E-state index in [-0.39, 0.29) is 11.3 Å². The molecule has 1 saturated carbocycles. The molecule has 5 heteroatoms. The Morgan fingerprint density at radius 1 is 1.42 bits per heavy atom. The molecule has 0 bridgehead atoms. The number of hydrogen-bond donors (Lipinski definition) is 2. The summed E-state index contributed by atoms with van der Waals surface area (Å²) in [6.07, 6.45) is 3.53. The maximum atomic E-state index is 12.3. The van der Waals surface area contributed by atoms with E-state index in [0.717, 1.165) is 18.5 Å². The molecule has 0 atom stereocenters. The second-order valence-corrected chi connectivity index (χ2v) is 7.17. The standard InChI is InChI=1S/C19H23N3OS/c1-6-24-15(11-20)7-8-16-18(14(4)23)17(12(2)21)13(3)22(16)19(5)9-10-19/h6,11H,1-2,9-10,20-21H2,3-5H3/b15-11-. The molecule has 1 aromatic heterocycles. The Hall–Kier alpha value is -2.32. The highest BCUT2D eigenvalue weighted by molar-refractivity contribution is 8.06. The van der Waals surface area contributed by atoms with Crippen molar-refractivity contribution in [1.29, 1.82) is 0 Å². The van der Waals surface area contributed by atoms with Crippen LogP contribution < -0.4 is 11.5 Å². The summed E-state index contributed by atoms with van der Waals surface area (Å²) in [5.41, 5.74) is 14.8. The molecule has 0 aliphatic heterocycles. The van der Waals surface area contributed by atoms with E-state index in [2.05, 4.69) is 36.5 Å². The molecule has 0 aromatic carbocycles. The van der Waals surface area contributed by atoms with Gasteiger partial charge in [0.25, 0.3) is 0 Å². The van der Waals surface area contributed by atoms with E-state index in [1.807, 2.05) is 6.92 Å². The van der Waals surface area contributed by atoms with Crippen LogP contribution in [0.1, 0.15) is 54.0 Å². The van der Waals surface area contributed by atoms with Crippen molar-refractivity contribution < 1.29 is 4.79 Å². The number of rotatable bonds is 5. The summed E-state index contributed by atoms with van der Waals surface area (Å²) in [6.45, 7) is 13.2. The monoisotopic (exact) mass is 341 g/mol. The van der Waals surface area contributed by atoms with Gasteiger partial charge in [-0.05, 0) is 44.9 Å². The maximum Gasteiger partial charge on any atom is 0.163 e. The predicted octanol–water partition coefficient (Wildman–Crippen LogP) is 3.47. The maximum absolute atomic E-state index is 12.3. The van der Waals surface area contributed by atoms with Gasteiger partial charge in [-0.15, -0.1) is 0 Å². The van der Waals surface area contributed by atoms with Gasteiger partial charge < -0.3 is 16.0 Å². The Balaban J connectivity index is 2.75. The number of nitrogens with zero attached hydrogens (tertiary/aromatic N) is 1. The van der Waals surface area contributed by atoms with E-state index in [0.29, 0.717) is 27.4 Å². The second-order valence-electron chi connectivity index (χ2n) is 6.16. The molecule has 1 aliphatic rings. The second kappa shape index (κ2) is 6.66. The zero-order valence-corrected chi connectivity index (χ0v) is 15.2. The van der Waals surface area contributed by atoms with E-state index >= 15 is 0 Å². The number of Topliss-reactive ketones (excluding diaryl/α,β-unsaturated/α-hetero) is 1. The van der Waals surface area contributed by atoms with Crippen LogP contribution in [-0.4, -0.2) is 10.4 Å². The normalized spacial score (nSPS) is 15.4. The van der Waals surface area contributed by atoms with Crippen molar-refractivity contribution >= 4 is 23.2 Å². The van der Waals surface area contributed by atoms with Gasteiger partial charge in [0.2, 0.25) is 0 Å². The van der Waals surface area contributed by atoms with Gasteiger partial charge in [0.15, 0.2) is 5.78 Å². The average Bonchev–Trinajstić information content (AvgIpc) is 3.16. The SMILES string of the molecule is C=CS/C(C#Cc1c(C(C)=O)c(C(=C)N)c(C)n1C1(C)CC1)=C\N. The van der Waals surface area contributed by atoms with Crippen LogP contribution in [0.5, 0.6) is 0 Å². The zero-order chi connectivity index (χ0) is 18.1. The van der Waals surface area contributed by atoms with Crippen molar-refractivity contribution in [3.63, 3.8) is 0 Å². The van der Waals surface area contributed by atoms with Gasteiger partial charge in [-0.25, -0.2) is 0 Å². The summed E-state index contributed by atoms with van der Waals surface area (Å²) >= 11 is 1.35.